The number of benzene rings is 2. The number of carbonyl (C=O) groups is 2. The van der Waals surface area contributed by atoms with Crippen molar-refractivity contribution >= 4 is 29.4 Å². The van der Waals surface area contributed by atoms with Gasteiger partial charge in [0.05, 0.1) is 23.1 Å². The van der Waals surface area contributed by atoms with Gasteiger partial charge in [-0.25, -0.2) is 14.3 Å². The van der Waals surface area contributed by atoms with Crippen molar-refractivity contribution in [3.8, 4) is 0 Å². The third kappa shape index (κ3) is 4.53. The molecule has 8 heteroatoms. The molecule has 0 saturated carbocycles. The van der Waals surface area contributed by atoms with E-state index in [4.69, 9.17) is 4.74 Å². The Morgan fingerprint density at radius 3 is 2.68 bits per heavy atom. The number of rotatable bonds is 7. The molecule has 4 aromatic rings. The number of para-hydroxylation sites is 1. The zero-order valence-corrected chi connectivity index (χ0v) is 16.9. The Bertz CT molecular complexity index is 1220. The van der Waals surface area contributed by atoms with Crippen molar-refractivity contribution in [3.05, 3.63) is 89.5 Å². The van der Waals surface area contributed by atoms with E-state index in [2.05, 4.69) is 20.7 Å². The van der Waals surface area contributed by atoms with Gasteiger partial charge in [-0.1, -0.05) is 48.5 Å². The highest BCUT2D eigenvalue weighted by atomic mass is 16.5. The van der Waals surface area contributed by atoms with Crippen LogP contribution in [0.3, 0.4) is 0 Å². The highest BCUT2D eigenvalue weighted by Gasteiger charge is 2.16. The normalized spacial score (nSPS) is 10.6. The van der Waals surface area contributed by atoms with Gasteiger partial charge in [0.25, 0.3) is 0 Å². The second kappa shape index (κ2) is 9.08. The van der Waals surface area contributed by atoms with Crippen molar-refractivity contribution in [1.29, 1.82) is 0 Å². The summed E-state index contributed by atoms with van der Waals surface area (Å²) in [5.41, 5.74) is 5.55. The summed E-state index contributed by atoms with van der Waals surface area (Å²) < 4.78 is 7.00. The van der Waals surface area contributed by atoms with E-state index in [0.29, 0.717) is 18.5 Å². The Hall–Kier alpha value is -4.20. The number of hydrogen-bond donors (Lipinski definition) is 2. The molecule has 0 bridgehead atoms. The summed E-state index contributed by atoms with van der Waals surface area (Å²) in [5, 5.41) is 9.76. The molecule has 2 aromatic heterocycles. The van der Waals surface area contributed by atoms with E-state index in [0.717, 1.165) is 33.6 Å². The van der Waals surface area contributed by atoms with Crippen molar-refractivity contribution in [3.63, 3.8) is 0 Å². The van der Waals surface area contributed by atoms with Gasteiger partial charge in [-0.15, -0.1) is 0 Å². The zero-order chi connectivity index (χ0) is 21.6. The standard InChI is InChI=1S/C23H21N5O3/c1-16-21(27-23(30)31-13-17-7-3-2-4-8-17)12-28-22(16)20(24-14-26-28)11-18-9-5-6-10-19(18)25-15-29/h2-10,12,14-15H,11,13H2,1H3,(H,25,29)(H,27,30). The molecular weight excluding hydrogens is 394 g/mol. The van der Waals surface area contributed by atoms with E-state index in [1.807, 2.05) is 61.5 Å². The molecule has 0 radical (unpaired) electrons. The molecule has 2 aromatic carbocycles. The maximum absolute atomic E-state index is 12.3. The molecule has 0 aliphatic rings. The Labute approximate surface area is 178 Å². The average Bonchev–Trinajstić information content (AvgIpc) is 3.10. The molecule has 0 aliphatic heterocycles. The minimum atomic E-state index is -0.544. The van der Waals surface area contributed by atoms with Gasteiger partial charge in [0, 0.05) is 17.7 Å². The molecule has 2 amide bonds. The average molecular weight is 415 g/mol. The minimum Gasteiger partial charge on any atom is -0.444 e. The first-order valence-electron chi connectivity index (χ1n) is 9.73. The molecule has 4 rings (SSSR count). The first-order valence-corrected chi connectivity index (χ1v) is 9.73. The Balaban J connectivity index is 1.55. The summed E-state index contributed by atoms with van der Waals surface area (Å²) in [5.74, 6) is 0. The summed E-state index contributed by atoms with van der Waals surface area (Å²) in [6, 6.07) is 17.0. The van der Waals surface area contributed by atoms with E-state index < -0.39 is 6.09 Å². The van der Waals surface area contributed by atoms with E-state index >= 15 is 0 Å². The lowest BCUT2D eigenvalue weighted by atomic mass is 10.1. The minimum absolute atomic E-state index is 0.185. The Morgan fingerprint density at radius 2 is 1.87 bits per heavy atom. The van der Waals surface area contributed by atoms with Gasteiger partial charge < -0.3 is 10.1 Å². The van der Waals surface area contributed by atoms with Gasteiger partial charge in [-0.05, 0) is 24.1 Å². The van der Waals surface area contributed by atoms with Gasteiger partial charge in [0.1, 0.15) is 12.9 Å². The predicted molar refractivity (Wildman–Crippen MR) is 117 cm³/mol. The Morgan fingerprint density at radius 1 is 1.10 bits per heavy atom. The molecule has 0 fully saturated rings. The summed E-state index contributed by atoms with van der Waals surface area (Å²) in [6.45, 7) is 2.08. The third-order valence-electron chi connectivity index (χ3n) is 4.94. The first kappa shape index (κ1) is 20.1. The largest absolute Gasteiger partial charge is 0.444 e. The molecule has 0 unspecified atom stereocenters. The summed E-state index contributed by atoms with van der Waals surface area (Å²) >= 11 is 0. The number of anilines is 2. The second-order valence-corrected chi connectivity index (χ2v) is 6.95. The number of aryl methyl sites for hydroxylation is 1. The van der Waals surface area contributed by atoms with Crippen LogP contribution >= 0.6 is 0 Å². The molecule has 0 spiro atoms. The summed E-state index contributed by atoms with van der Waals surface area (Å²) in [6.07, 6.45) is 3.80. The zero-order valence-electron chi connectivity index (χ0n) is 16.9. The number of nitrogens with one attached hydrogen (secondary N) is 2. The van der Waals surface area contributed by atoms with Gasteiger partial charge in [0.15, 0.2) is 0 Å². The van der Waals surface area contributed by atoms with Crippen molar-refractivity contribution in [2.24, 2.45) is 0 Å². The van der Waals surface area contributed by atoms with Crippen LogP contribution in [0.1, 0.15) is 22.4 Å². The fraction of sp³-hybridized carbons (Fsp3) is 0.130. The van der Waals surface area contributed by atoms with E-state index in [1.165, 1.54) is 6.33 Å². The maximum atomic E-state index is 12.3. The van der Waals surface area contributed by atoms with Crippen LogP contribution < -0.4 is 10.6 Å². The lowest BCUT2D eigenvalue weighted by molar-refractivity contribution is -0.105. The van der Waals surface area contributed by atoms with Gasteiger partial charge >= 0.3 is 6.09 Å². The summed E-state index contributed by atoms with van der Waals surface area (Å²) in [4.78, 5) is 27.6. The molecule has 2 heterocycles. The topological polar surface area (TPSA) is 97.6 Å². The number of aromatic nitrogens is 3. The Kier molecular flexibility index (Phi) is 5.89. The molecule has 0 atom stereocenters. The molecule has 8 nitrogen and oxygen atoms in total. The molecule has 0 aliphatic carbocycles. The van der Waals surface area contributed by atoms with E-state index in [-0.39, 0.29) is 6.61 Å². The van der Waals surface area contributed by atoms with Gasteiger partial charge in [0.2, 0.25) is 6.41 Å². The molecular formula is C23H21N5O3. The number of amides is 2. The van der Waals surface area contributed by atoms with Gasteiger partial charge in [-0.3, -0.25) is 10.1 Å². The monoisotopic (exact) mass is 415 g/mol. The van der Waals surface area contributed by atoms with E-state index in [9.17, 15) is 9.59 Å². The number of fused-ring (bicyclic) bond motifs is 1. The van der Waals surface area contributed by atoms with Crippen molar-refractivity contribution in [1.82, 2.24) is 14.6 Å². The van der Waals surface area contributed by atoms with Crippen molar-refractivity contribution in [2.75, 3.05) is 10.6 Å². The van der Waals surface area contributed by atoms with Crippen LogP contribution in [-0.2, 0) is 22.6 Å². The predicted octanol–water partition coefficient (Wildman–Crippen LogP) is 3.95. The van der Waals surface area contributed by atoms with Crippen LogP contribution in [0.2, 0.25) is 0 Å². The first-order chi connectivity index (χ1) is 15.2. The van der Waals surface area contributed by atoms with Crippen LogP contribution in [0.4, 0.5) is 16.2 Å². The number of hydrogen-bond acceptors (Lipinski definition) is 5. The van der Waals surface area contributed by atoms with Gasteiger partial charge in [-0.2, -0.15) is 5.10 Å². The highest BCUT2D eigenvalue weighted by molar-refractivity contribution is 5.88. The van der Waals surface area contributed by atoms with Crippen LogP contribution in [-0.4, -0.2) is 27.1 Å². The lowest BCUT2D eigenvalue weighted by Crippen LogP contribution is -2.13. The summed E-state index contributed by atoms with van der Waals surface area (Å²) in [7, 11) is 0. The smallest absolute Gasteiger partial charge is 0.412 e. The maximum Gasteiger partial charge on any atom is 0.412 e. The second-order valence-electron chi connectivity index (χ2n) is 6.95. The number of nitrogens with zero attached hydrogens (tertiary/aromatic N) is 3. The molecule has 2 N–H and O–H groups in total. The van der Waals surface area contributed by atoms with Crippen LogP contribution in [0.25, 0.3) is 5.52 Å². The quantitative estimate of drug-likeness (QED) is 0.446. The molecule has 31 heavy (non-hydrogen) atoms. The van der Waals surface area contributed by atoms with Crippen molar-refractivity contribution < 1.29 is 14.3 Å². The number of carbonyl (C=O) groups excluding carboxylic acids is 2. The van der Waals surface area contributed by atoms with Crippen molar-refractivity contribution in [2.45, 2.75) is 20.0 Å². The van der Waals surface area contributed by atoms with Crippen LogP contribution in [0.5, 0.6) is 0 Å². The fourth-order valence-corrected chi connectivity index (χ4v) is 3.42. The molecule has 0 saturated heterocycles. The lowest BCUT2D eigenvalue weighted by Gasteiger charge is -2.09. The molecule has 156 valence electrons. The van der Waals surface area contributed by atoms with E-state index in [1.54, 1.807) is 10.7 Å². The highest BCUT2D eigenvalue weighted by Crippen LogP contribution is 2.27. The SMILES string of the molecule is Cc1c(NC(=O)OCc2ccccc2)cn2ncnc(Cc3ccccc3NC=O)c12. The van der Waals surface area contributed by atoms with Crippen LogP contribution in [0.15, 0.2) is 67.1 Å². The third-order valence-corrected chi connectivity index (χ3v) is 4.94. The number of ether oxygens (including phenoxy) is 1. The van der Waals surface area contributed by atoms with Crippen LogP contribution in [0, 0.1) is 6.92 Å². The fourth-order valence-electron chi connectivity index (χ4n) is 3.42.